The van der Waals surface area contributed by atoms with Crippen LogP contribution in [0.2, 0.25) is 0 Å². The van der Waals surface area contributed by atoms with Crippen molar-refractivity contribution in [1.82, 2.24) is 4.98 Å². The quantitative estimate of drug-likeness (QED) is 0.827. The number of carboxylic acids is 1. The van der Waals surface area contributed by atoms with E-state index in [1.807, 2.05) is 6.20 Å². The molecule has 0 saturated carbocycles. The molecule has 16 heavy (non-hydrogen) atoms. The van der Waals surface area contributed by atoms with Gasteiger partial charge in [0.05, 0.1) is 0 Å². The predicted octanol–water partition coefficient (Wildman–Crippen LogP) is 2.88. The summed E-state index contributed by atoms with van der Waals surface area (Å²) in [5.74, 6) is -0.726. The number of aromatic nitrogens is 1. The van der Waals surface area contributed by atoms with Crippen molar-refractivity contribution in [2.24, 2.45) is 0 Å². The summed E-state index contributed by atoms with van der Waals surface area (Å²) in [6.45, 7) is 2.06. The number of hydrogen-bond acceptors (Lipinski definition) is 1. The van der Waals surface area contributed by atoms with Crippen molar-refractivity contribution in [2.75, 3.05) is 0 Å². The van der Waals surface area contributed by atoms with Crippen molar-refractivity contribution in [3.8, 4) is 0 Å². The van der Waals surface area contributed by atoms with E-state index in [1.54, 1.807) is 0 Å². The molecule has 84 valence electrons. The first kappa shape index (κ1) is 10.7. The summed E-state index contributed by atoms with van der Waals surface area (Å²) in [6, 6.07) is 6.28. The molecule has 0 bridgehead atoms. The molecule has 3 heteroatoms. The van der Waals surface area contributed by atoms with Crippen LogP contribution in [0.3, 0.4) is 0 Å². The van der Waals surface area contributed by atoms with E-state index in [9.17, 15) is 4.79 Å². The fraction of sp³-hybridized carbons (Fsp3) is 0.308. The Morgan fingerprint density at radius 3 is 3.00 bits per heavy atom. The number of H-pyrrole nitrogens is 1. The van der Waals surface area contributed by atoms with E-state index in [2.05, 4.69) is 30.1 Å². The molecule has 1 aromatic carbocycles. The Bertz CT molecular complexity index is 514. The normalized spacial score (nSPS) is 10.8. The Morgan fingerprint density at radius 2 is 2.25 bits per heavy atom. The van der Waals surface area contributed by atoms with Gasteiger partial charge in [-0.25, -0.2) is 0 Å². The molecule has 0 aliphatic heterocycles. The van der Waals surface area contributed by atoms with Crippen LogP contribution in [0.1, 0.15) is 24.0 Å². The number of benzene rings is 1. The molecule has 0 fully saturated rings. The number of aromatic amines is 1. The molecule has 0 atom stereocenters. The van der Waals surface area contributed by atoms with Gasteiger partial charge in [0.25, 0.3) is 0 Å². The van der Waals surface area contributed by atoms with Crippen LogP contribution in [-0.2, 0) is 11.2 Å². The minimum Gasteiger partial charge on any atom is -0.481 e. The summed E-state index contributed by atoms with van der Waals surface area (Å²) in [6.07, 6.45) is 3.72. The van der Waals surface area contributed by atoms with Gasteiger partial charge in [-0.1, -0.05) is 12.1 Å². The first-order valence-corrected chi connectivity index (χ1v) is 5.45. The zero-order valence-corrected chi connectivity index (χ0v) is 9.29. The molecule has 0 spiro atoms. The topological polar surface area (TPSA) is 53.1 Å². The molecule has 2 aromatic rings. The molecular weight excluding hydrogens is 202 g/mol. The first-order chi connectivity index (χ1) is 7.66. The highest BCUT2D eigenvalue weighted by atomic mass is 16.4. The third kappa shape index (κ3) is 2.24. The van der Waals surface area contributed by atoms with Gasteiger partial charge in [-0.15, -0.1) is 0 Å². The maximum atomic E-state index is 10.4. The number of carboxylic acid groups (broad SMARTS) is 1. The summed E-state index contributed by atoms with van der Waals surface area (Å²) in [5.41, 5.74) is 3.56. The molecule has 0 unspecified atom stereocenters. The van der Waals surface area contributed by atoms with Crippen molar-refractivity contribution in [3.63, 3.8) is 0 Å². The number of hydrogen-bond donors (Lipinski definition) is 2. The Hall–Kier alpha value is -1.77. The van der Waals surface area contributed by atoms with E-state index >= 15 is 0 Å². The van der Waals surface area contributed by atoms with Gasteiger partial charge in [-0.05, 0) is 37.0 Å². The Morgan fingerprint density at radius 1 is 1.44 bits per heavy atom. The van der Waals surface area contributed by atoms with Crippen molar-refractivity contribution in [2.45, 2.75) is 26.2 Å². The lowest BCUT2D eigenvalue weighted by atomic mass is 10.1. The van der Waals surface area contributed by atoms with Crippen LogP contribution in [0.4, 0.5) is 0 Å². The summed E-state index contributed by atoms with van der Waals surface area (Å²) in [4.78, 5) is 13.6. The van der Waals surface area contributed by atoms with Crippen molar-refractivity contribution in [3.05, 3.63) is 35.5 Å². The zero-order valence-electron chi connectivity index (χ0n) is 9.29. The third-order valence-corrected chi connectivity index (χ3v) is 2.76. The van der Waals surface area contributed by atoms with E-state index in [0.29, 0.717) is 6.42 Å². The number of aryl methyl sites for hydroxylation is 2. The molecule has 0 radical (unpaired) electrons. The lowest BCUT2D eigenvalue weighted by Gasteiger charge is -1.98. The van der Waals surface area contributed by atoms with Crippen molar-refractivity contribution < 1.29 is 9.90 Å². The van der Waals surface area contributed by atoms with Gasteiger partial charge < -0.3 is 10.1 Å². The van der Waals surface area contributed by atoms with Gasteiger partial charge >= 0.3 is 5.97 Å². The van der Waals surface area contributed by atoms with Crippen LogP contribution in [0.25, 0.3) is 10.9 Å². The fourth-order valence-corrected chi connectivity index (χ4v) is 1.94. The van der Waals surface area contributed by atoms with Gasteiger partial charge in [0.15, 0.2) is 0 Å². The second-order valence-electron chi connectivity index (χ2n) is 4.11. The van der Waals surface area contributed by atoms with Gasteiger partial charge in [0.1, 0.15) is 0 Å². The number of rotatable bonds is 4. The van der Waals surface area contributed by atoms with Gasteiger partial charge in [0, 0.05) is 23.5 Å². The van der Waals surface area contributed by atoms with Gasteiger partial charge in [0.2, 0.25) is 0 Å². The Balaban J connectivity index is 2.15. The van der Waals surface area contributed by atoms with Crippen LogP contribution in [-0.4, -0.2) is 16.1 Å². The standard InChI is InChI=1S/C13H15NO2/c1-9-5-6-11-10(3-2-4-13(15)16)8-14-12(11)7-9/h5-8,14H,2-4H2,1H3,(H,15,16). The molecule has 2 N–H and O–H groups in total. The number of aliphatic carboxylic acids is 1. The summed E-state index contributed by atoms with van der Waals surface area (Å²) in [5, 5.41) is 9.79. The second-order valence-corrected chi connectivity index (χ2v) is 4.11. The molecule has 0 amide bonds. The summed E-state index contributed by atoms with van der Waals surface area (Å²) < 4.78 is 0. The minimum atomic E-state index is -0.726. The first-order valence-electron chi connectivity index (χ1n) is 5.45. The highest BCUT2D eigenvalue weighted by Crippen LogP contribution is 2.20. The molecular formula is C13H15NO2. The van der Waals surface area contributed by atoms with Gasteiger partial charge in [-0.3, -0.25) is 4.79 Å². The molecule has 1 aromatic heterocycles. The summed E-state index contributed by atoms with van der Waals surface area (Å²) in [7, 11) is 0. The smallest absolute Gasteiger partial charge is 0.303 e. The lowest BCUT2D eigenvalue weighted by molar-refractivity contribution is -0.137. The van der Waals surface area contributed by atoms with E-state index in [4.69, 9.17) is 5.11 Å². The maximum absolute atomic E-state index is 10.4. The summed E-state index contributed by atoms with van der Waals surface area (Å²) >= 11 is 0. The van der Waals surface area contributed by atoms with Gasteiger partial charge in [-0.2, -0.15) is 0 Å². The molecule has 0 aliphatic carbocycles. The fourth-order valence-electron chi connectivity index (χ4n) is 1.94. The molecule has 2 rings (SSSR count). The minimum absolute atomic E-state index is 0.235. The van der Waals surface area contributed by atoms with Crippen molar-refractivity contribution in [1.29, 1.82) is 0 Å². The molecule has 3 nitrogen and oxygen atoms in total. The van der Waals surface area contributed by atoms with E-state index in [-0.39, 0.29) is 6.42 Å². The van der Waals surface area contributed by atoms with E-state index < -0.39 is 5.97 Å². The maximum Gasteiger partial charge on any atom is 0.303 e. The number of carbonyl (C=O) groups is 1. The zero-order chi connectivity index (χ0) is 11.5. The van der Waals surface area contributed by atoms with Crippen LogP contribution in [0.5, 0.6) is 0 Å². The van der Waals surface area contributed by atoms with E-state index in [1.165, 1.54) is 16.5 Å². The highest BCUT2D eigenvalue weighted by molar-refractivity contribution is 5.83. The predicted molar refractivity (Wildman–Crippen MR) is 63.6 cm³/mol. The largest absolute Gasteiger partial charge is 0.481 e. The molecule has 1 heterocycles. The van der Waals surface area contributed by atoms with Crippen LogP contribution < -0.4 is 0 Å². The number of nitrogens with one attached hydrogen (secondary N) is 1. The Kier molecular flexibility index (Phi) is 2.95. The van der Waals surface area contributed by atoms with Crippen molar-refractivity contribution >= 4 is 16.9 Å². The Labute approximate surface area is 94.1 Å². The number of fused-ring (bicyclic) bond motifs is 1. The van der Waals surface area contributed by atoms with Crippen LogP contribution in [0.15, 0.2) is 24.4 Å². The second kappa shape index (κ2) is 4.39. The van der Waals surface area contributed by atoms with Crippen LogP contribution in [0, 0.1) is 6.92 Å². The monoisotopic (exact) mass is 217 g/mol. The third-order valence-electron chi connectivity index (χ3n) is 2.76. The molecule has 0 saturated heterocycles. The SMILES string of the molecule is Cc1ccc2c(CCCC(=O)O)c[nH]c2c1. The van der Waals surface area contributed by atoms with Crippen LogP contribution >= 0.6 is 0 Å². The average Bonchev–Trinajstić information content (AvgIpc) is 2.60. The molecule has 0 aliphatic rings. The highest BCUT2D eigenvalue weighted by Gasteiger charge is 2.04. The average molecular weight is 217 g/mol. The van der Waals surface area contributed by atoms with E-state index in [0.717, 1.165) is 11.9 Å². The lowest BCUT2D eigenvalue weighted by Crippen LogP contribution is -1.95.